The van der Waals surface area contributed by atoms with Crippen LogP contribution in [0.5, 0.6) is 0 Å². The second-order valence-electron chi connectivity index (χ2n) is 5.83. The van der Waals surface area contributed by atoms with E-state index in [1.54, 1.807) is 12.2 Å². The highest BCUT2D eigenvalue weighted by atomic mass is 16.3. The minimum atomic E-state index is -0.250. The van der Waals surface area contributed by atoms with E-state index in [1.165, 1.54) is 12.8 Å². The van der Waals surface area contributed by atoms with Crippen molar-refractivity contribution in [2.75, 3.05) is 18.0 Å². The number of hydrogen-bond donors (Lipinski definition) is 1. The highest BCUT2D eigenvalue weighted by Gasteiger charge is 2.24. The number of furan rings is 1. The Balaban J connectivity index is 0.000000615. The number of nitrogens with zero attached hydrogens (tertiary/aromatic N) is 3. The van der Waals surface area contributed by atoms with Crippen molar-refractivity contribution in [3.63, 3.8) is 0 Å². The van der Waals surface area contributed by atoms with Crippen LogP contribution in [0.3, 0.4) is 0 Å². The molecule has 2 aromatic rings. The maximum absolute atomic E-state index is 8.36. The average Bonchev–Trinajstić information content (AvgIpc) is 3.30. The van der Waals surface area contributed by atoms with Gasteiger partial charge in [-0.1, -0.05) is 46.9 Å². The molecule has 0 aliphatic carbocycles. The van der Waals surface area contributed by atoms with Crippen molar-refractivity contribution in [2.45, 2.75) is 46.5 Å². The molecule has 0 spiro atoms. The fraction of sp³-hybridized carbons (Fsp3) is 0.450. The first-order valence-electron chi connectivity index (χ1n) is 8.99. The van der Waals surface area contributed by atoms with Gasteiger partial charge in [0.05, 0.1) is 0 Å². The zero-order chi connectivity index (χ0) is 19.7. The fourth-order valence-corrected chi connectivity index (χ4v) is 2.76. The molecule has 6 heteroatoms. The highest BCUT2D eigenvalue weighted by Crippen LogP contribution is 2.34. The lowest BCUT2D eigenvalue weighted by molar-refractivity contribution is -0.122. The third-order valence-electron chi connectivity index (χ3n) is 3.91. The highest BCUT2D eigenvalue weighted by molar-refractivity contribution is 5.93. The number of aromatic nitrogens is 2. The van der Waals surface area contributed by atoms with Gasteiger partial charge in [-0.3, -0.25) is 4.79 Å². The first kappa shape index (κ1) is 21.4. The molecule has 0 bridgehead atoms. The van der Waals surface area contributed by atoms with E-state index in [9.17, 15) is 0 Å². The van der Waals surface area contributed by atoms with Crippen LogP contribution in [0.15, 0.2) is 17.6 Å². The van der Waals surface area contributed by atoms with Gasteiger partial charge in [0.15, 0.2) is 11.4 Å². The van der Waals surface area contributed by atoms with Gasteiger partial charge in [0.1, 0.15) is 17.1 Å². The lowest BCUT2D eigenvalue weighted by Crippen LogP contribution is -2.20. The third kappa shape index (κ3) is 4.50. The molecule has 6 nitrogen and oxygen atoms in total. The number of rotatable bonds is 4. The SMILES string of the molecule is C=Cc1oc2c(N3CCCC3)nc(C(C)C)nc2c1C=C.CC.O=CO. The molecule has 0 saturated carbocycles. The molecule has 3 heterocycles. The van der Waals surface area contributed by atoms with Crippen LogP contribution in [-0.4, -0.2) is 34.6 Å². The Morgan fingerprint density at radius 3 is 2.19 bits per heavy atom. The van der Waals surface area contributed by atoms with Gasteiger partial charge in [0, 0.05) is 24.6 Å². The predicted molar refractivity (Wildman–Crippen MR) is 108 cm³/mol. The van der Waals surface area contributed by atoms with Gasteiger partial charge in [-0.15, -0.1) is 0 Å². The Hall–Kier alpha value is -2.63. The largest absolute Gasteiger partial charge is 0.483 e. The fourth-order valence-electron chi connectivity index (χ4n) is 2.76. The zero-order valence-corrected chi connectivity index (χ0v) is 16.2. The van der Waals surface area contributed by atoms with Gasteiger partial charge in [0.2, 0.25) is 0 Å². The number of anilines is 1. The Kier molecular flexibility index (Phi) is 8.55. The van der Waals surface area contributed by atoms with Crippen molar-refractivity contribution < 1.29 is 14.3 Å². The van der Waals surface area contributed by atoms with E-state index in [-0.39, 0.29) is 12.4 Å². The summed E-state index contributed by atoms with van der Waals surface area (Å²) in [6.45, 7) is 17.7. The van der Waals surface area contributed by atoms with Crippen LogP contribution in [-0.2, 0) is 4.79 Å². The van der Waals surface area contributed by atoms with Crippen molar-refractivity contribution in [3.05, 3.63) is 30.3 Å². The Labute approximate surface area is 155 Å². The summed E-state index contributed by atoms with van der Waals surface area (Å²) in [5.41, 5.74) is 2.51. The Morgan fingerprint density at radius 1 is 1.15 bits per heavy atom. The lowest BCUT2D eigenvalue weighted by Gasteiger charge is -2.17. The van der Waals surface area contributed by atoms with Crippen LogP contribution >= 0.6 is 0 Å². The summed E-state index contributed by atoms with van der Waals surface area (Å²) in [6, 6.07) is 0. The standard InChI is InChI=1S/C17H21N3O.C2H6.CH2O2/c1-5-12-13(6-2)21-15-14(12)18-16(11(3)4)19-17(15)20-9-7-8-10-20;1-2;2-1-3/h5-6,11H,1-2,7-10H2,3-4H3;1-2H3;1H,(H,2,3). The number of fused-ring (bicyclic) bond motifs is 1. The van der Waals surface area contributed by atoms with Crippen LogP contribution in [0.25, 0.3) is 23.3 Å². The van der Waals surface area contributed by atoms with Crippen LogP contribution in [0, 0.1) is 0 Å². The predicted octanol–water partition coefficient (Wildman–Crippen LogP) is 4.96. The molecule has 0 atom stereocenters. The van der Waals surface area contributed by atoms with Crippen LogP contribution in [0.4, 0.5) is 5.82 Å². The second-order valence-corrected chi connectivity index (χ2v) is 5.83. The van der Waals surface area contributed by atoms with Crippen molar-refractivity contribution in [3.8, 4) is 0 Å². The molecular weight excluding hydrogens is 330 g/mol. The molecule has 3 rings (SSSR count). The zero-order valence-electron chi connectivity index (χ0n) is 16.2. The van der Waals surface area contributed by atoms with Gasteiger partial charge in [0.25, 0.3) is 6.47 Å². The third-order valence-corrected chi connectivity index (χ3v) is 3.91. The first-order chi connectivity index (χ1) is 12.6. The van der Waals surface area contributed by atoms with E-state index < -0.39 is 0 Å². The molecule has 142 valence electrons. The molecule has 1 fully saturated rings. The molecule has 1 N–H and O–H groups in total. The summed E-state index contributed by atoms with van der Waals surface area (Å²) < 4.78 is 5.96. The number of carboxylic acid groups (broad SMARTS) is 1. The van der Waals surface area contributed by atoms with Gasteiger partial charge in [-0.25, -0.2) is 9.97 Å². The summed E-state index contributed by atoms with van der Waals surface area (Å²) in [7, 11) is 0. The van der Waals surface area contributed by atoms with Crippen molar-refractivity contribution in [2.24, 2.45) is 0 Å². The maximum Gasteiger partial charge on any atom is 0.290 e. The summed E-state index contributed by atoms with van der Waals surface area (Å²) >= 11 is 0. The number of hydrogen-bond acceptors (Lipinski definition) is 5. The monoisotopic (exact) mass is 359 g/mol. The Morgan fingerprint density at radius 2 is 1.73 bits per heavy atom. The van der Waals surface area contributed by atoms with Gasteiger partial charge in [-0.05, 0) is 18.9 Å². The maximum atomic E-state index is 8.36. The average molecular weight is 359 g/mol. The summed E-state index contributed by atoms with van der Waals surface area (Å²) in [4.78, 5) is 20.1. The summed E-state index contributed by atoms with van der Waals surface area (Å²) in [5, 5.41) is 6.89. The molecule has 1 aliphatic heterocycles. The van der Waals surface area contributed by atoms with Crippen LogP contribution in [0.1, 0.15) is 63.6 Å². The van der Waals surface area contributed by atoms with Gasteiger partial charge >= 0.3 is 0 Å². The molecular formula is C20H29N3O3. The smallest absolute Gasteiger partial charge is 0.290 e. The quantitative estimate of drug-likeness (QED) is 0.777. The Bertz CT molecular complexity index is 744. The van der Waals surface area contributed by atoms with Gasteiger partial charge in [-0.2, -0.15) is 0 Å². The number of carbonyl (C=O) groups is 1. The molecule has 0 radical (unpaired) electrons. The van der Waals surface area contributed by atoms with Crippen molar-refractivity contribution in [1.82, 2.24) is 9.97 Å². The topological polar surface area (TPSA) is 79.5 Å². The van der Waals surface area contributed by atoms with Crippen molar-refractivity contribution >= 4 is 35.5 Å². The van der Waals surface area contributed by atoms with E-state index in [0.717, 1.165) is 47.2 Å². The van der Waals surface area contributed by atoms with Gasteiger partial charge < -0.3 is 14.4 Å². The van der Waals surface area contributed by atoms with E-state index >= 15 is 0 Å². The molecule has 0 unspecified atom stereocenters. The molecule has 1 aliphatic rings. The molecule has 2 aromatic heterocycles. The molecule has 0 amide bonds. The lowest BCUT2D eigenvalue weighted by atomic mass is 10.1. The first-order valence-corrected chi connectivity index (χ1v) is 8.99. The van der Waals surface area contributed by atoms with Crippen molar-refractivity contribution in [1.29, 1.82) is 0 Å². The van der Waals surface area contributed by atoms with E-state index in [2.05, 4.69) is 31.9 Å². The summed E-state index contributed by atoms with van der Waals surface area (Å²) in [6.07, 6.45) is 5.90. The van der Waals surface area contributed by atoms with E-state index in [1.807, 2.05) is 13.8 Å². The minimum absolute atomic E-state index is 0.250. The summed E-state index contributed by atoms with van der Waals surface area (Å²) in [5.74, 6) is 2.76. The van der Waals surface area contributed by atoms with E-state index in [4.69, 9.17) is 24.3 Å². The molecule has 0 aromatic carbocycles. The van der Waals surface area contributed by atoms with Crippen LogP contribution < -0.4 is 4.90 Å². The molecule has 1 saturated heterocycles. The van der Waals surface area contributed by atoms with Crippen LogP contribution in [0.2, 0.25) is 0 Å². The molecule has 26 heavy (non-hydrogen) atoms. The van der Waals surface area contributed by atoms with E-state index in [0.29, 0.717) is 0 Å². The normalized spacial score (nSPS) is 12.9. The minimum Gasteiger partial charge on any atom is -0.483 e. The second kappa shape index (κ2) is 10.4.